The maximum Gasteiger partial charge on any atom is 0.0410 e. The zero-order valence-corrected chi connectivity index (χ0v) is 11.6. The van der Waals surface area contributed by atoms with Gasteiger partial charge >= 0.3 is 0 Å². The van der Waals surface area contributed by atoms with Crippen molar-refractivity contribution < 1.29 is 0 Å². The lowest BCUT2D eigenvalue weighted by Gasteiger charge is -2.17. The van der Waals surface area contributed by atoms with Crippen molar-refractivity contribution in [1.82, 2.24) is 0 Å². The normalized spacial score (nSPS) is 24.9. The number of fused-ring (bicyclic) bond motifs is 2. The minimum Gasteiger partial charge on any atom is -0.0943 e. The quantitative estimate of drug-likeness (QED) is 0.657. The lowest BCUT2D eigenvalue weighted by molar-refractivity contribution is 0.911. The molecule has 86 valence electrons. The zero-order chi connectivity index (χ0) is 11.9. The van der Waals surface area contributed by atoms with Gasteiger partial charge in [0.25, 0.3) is 0 Å². The van der Waals surface area contributed by atoms with Crippen molar-refractivity contribution in [1.29, 1.82) is 0 Å². The molecule has 2 unspecified atom stereocenters. The molecule has 0 N–H and O–H groups in total. The van der Waals surface area contributed by atoms with E-state index in [1.807, 2.05) is 0 Å². The summed E-state index contributed by atoms with van der Waals surface area (Å²) in [5, 5.41) is 0. The van der Waals surface area contributed by atoms with E-state index in [0.717, 1.165) is 0 Å². The van der Waals surface area contributed by atoms with Crippen molar-refractivity contribution in [3.63, 3.8) is 0 Å². The van der Waals surface area contributed by atoms with E-state index in [1.54, 1.807) is 0 Å². The van der Waals surface area contributed by atoms with Crippen molar-refractivity contribution in [2.75, 3.05) is 0 Å². The Morgan fingerprint density at radius 1 is 0.611 bits per heavy atom. The highest BCUT2D eigenvalue weighted by atomic mass is 31.1. The van der Waals surface area contributed by atoms with Gasteiger partial charge in [0, 0.05) is 11.3 Å². The molecule has 0 bridgehead atoms. The molecule has 0 fully saturated rings. The summed E-state index contributed by atoms with van der Waals surface area (Å²) in [6.07, 6.45) is 0. The predicted octanol–water partition coefficient (Wildman–Crippen LogP) is 4.69. The van der Waals surface area contributed by atoms with Gasteiger partial charge in [0.15, 0.2) is 0 Å². The van der Waals surface area contributed by atoms with Crippen molar-refractivity contribution in [2.24, 2.45) is 0 Å². The second-order valence-electron chi connectivity index (χ2n) is 4.70. The van der Waals surface area contributed by atoms with Crippen LogP contribution in [-0.4, -0.2) is 11.6 Å². The molecular weight excluding hydrogens is 254 g/mol. The van der Waals surface area contributed by atoms with Crippen molar-refractivity contribution in [2.45, 2.75) is 11.3 Å². The molecule has 2 aliphatic heterocycles. The Morgan fingerprint density at radius 2 is 1.06 bits per heavy atom. The van der Waals surface area contributed by atoms with Gasteiger partial charge in [-0.1, -0.05) is 64.9 Å². The van der Waals surface area contributed by atoms with Crippen LogP contribution in [0.1, 0.15) is 33.6 Å². The molecule has 0 aromatic heterocycles. The third-order valence-electron chi connectivity index (χ3n) is 3.68. The van der Waals surface area contributed by atoms with E-state index in [0.29, 0.717) is 11.3 Å². The van der Waals surface area contributed by atoms with Crippen molar-refractivity contribution >= 4 is 28.0 Å². The summed E-state index contributed by atoms with van der Waals surface area (Å²) < 4.78 is 0. The van der Waals surface area contributed by atoms with Crippen molar-refractivity contribution in [3.05, 3.63) is 70.8 Å². The first-order chi connectivity index (χ1) is 8.93. The van der Waals surface area contributed by atoms with Gasteiger partial charge in [0.2, 0.25) is 0 Å². The highest BCUT2D eigenvalue weighted by Crippen LogP contribution is 2.53. The van der Waals surface area contributed by atoms with Crippen LogP contribution in [0.2, 0.25) is 0 Å². The van der Waals surface area contributed by atoms with Crippen molar-refractivity contribution in [3.8, 4) is 0 Å². The minimum absolute atomic E-state index is 0.641. The number of benzene rings is 2. The Kier molecular flexibility index (Phi) is 2.47. The lowest BCUT2D eigenvalue weighted by atomic mass is 9.97. The molecule has 0 saturated heterocycles. The molecule has 0 aliphatic carbocycles. The maximum atomic E-state index is 2.37. The van der Waals surface area contributed by atoms with Gasteiger partial charge in [-0.05, 0) is 33.8 Å². The second-order valence-corrected chi connectivity index (χ2v) is 6.93. The smallest absolute Gasteiger partial charge is 0.0410 e. The molecule has 4 rings (SSSR count). The molecular formula is C16H12P2. The molecule has 2 aliphatic rings. The van der Waals surface area contributed by atoms with Gasteiger partial charge in [-0.15, -0.1) is 0 Å². The van der Waals surface area contributed by atoms with Crippen LogP contribution in [0.4, 0.5) is 0 Å². The summed E-state index contributed by atoms with van der Waals surface area (Å²) in [6.45, 7) is 0. The summed E-state index contributed by atoms with van der Waals surface area (Å²) in [6, 6.07) is 17.7. The molecule has 0 spiro atoms. The monoisotopic (exact) mass is 266 g/mol. The maximum absolute atomic E-state index is 2.37. The van der Waals surface area contributed by atoms with E-state index >= 15 is 0 Å². The molecule has 2 heteroatoms. The number of hydrogen-bond donors (Lipinski definition) is 0. The first-order valence-electron chi connectivity index (χ1n) is 6.18. The topological polar surface area (TPSA) is 0 Å². The van der Waals surface area contributed by atoms with E-state index in [4.69, 9.17) is 0 Å². The Labute approximate surface area is 110 Å². The Balaban J connectivity index is 1.80. The lowest BCUT2D eigenvalue weighted by Crippen LogP contribution is -1.99. The van der Waals surface area contributed by atoms with Gasteiger partial charge in [-0.3, -0.25) is 0 Å². The summed E-state index contributed by atoms with van der Waals surface area (Å²) in [5.41, 5.74) is 7.21. The summed E-state index contributed by atoms with van der Waals surface area (Å²) in [4.78, 5) is 0. The highest BCUT2D eigenvalue weighted by molar-refractivity contribution is 7.45. The first-order valence-corrected chi connectivity index (χ1v) is 8.24. The van der Waals surface area contributed by atoms with Crippen LogP contribution in [0.5, 0.6) is 0 Å². The van der Waals surface area contributed by atoms with Gasteiger partial charge in [-0.25, -0.2) is 0 Å². The molecule has 2 heterocycles. The standard InChI is InChI=1S/C16H12P2/c1-3-7-13-11(5-1)9-17-15(13)16-14-8-4-2-6-12(14)10-18-16/h1-10,15-16H. The Bertz CT molecular complexity index is 611. The predicted molar refractivity (Wildman–Crippen MR) is 82.5 cm³/mol. The van der Waals surface area contributed by atoms with E-state index in [1.165, 1.54) is 38.7 Å². The van der Waals surface area contributed by atoms with Gasteiger partial charge in [-0.2, -0.15) is 0 Å². The second kappa shape index (κ2) is 4.16. The fraction of sp³-hybridized carbons (Fsp3) is 0.125. The fourth-order valence-corrected chi connectivity index (χ4v) is 5.79. The number of rotatable bonds is 1. The molecule has 0 nitrogen and oxygen atoms in total. The summed E-state index contributed by atoms with van der Waals surface area (Å²) in [5.74, 6) is 4.74. The Hall–Kier alpha value is -1.22. The SMILES string of the molecule is C1=PC(C2P=Cc3ccccc32)c2ccccc21. The summed E-state index contributed by atoms with van der Waals surface area (Å²) >= 11 is 0. The minimum atomic E-state index is 0.641. The van der Waals surface area contributed by atoms with Crippen LogP contribution < -0.4 is 0 Å². The van der Waals surface area contributed by atoms with E-state index in [2.05, 4.69) is 60.1 Å². The van der Waals surface area contributed by atoms with E-state index in [9.17, 15) is 0 Å². The molecule has 2 atom stereocenters. The average molecular weight is 266 g/mol. The van der Waals surface area contributed by atoms with Crippen LogP contribution in [0.25, 0.3) is 0 Å². The third kappa shape index (κ3) is 1.53. The molecule has 18 heavy (non-hydrogen) atoms. The number of hydrogen-bond acceptors (Lipinski definition) is 0. The van der Waals surface area contributed by atoms with Gasteiger partial charge in [0.05, 0.1) is 0 Å². The highest BCUT2D eigenvalue weighted by Gasteiger charge is 2.29. The molecule has 0 radical (unpaired) electrons. The van der Waals surface area contributed by atoms with Gasteiger partial charge < -0.3 is 0 Å². The average Bonchev–Trinajstić information content (AvgIpc) is 3.01. The fourth-order valence-electron chi connectivity index (χ4n) is 2.78. The largest absolute Gasteiger partial charge is 0.0943 e. The van der Waals surface area contributed by atoms with Crippen LogP contribution in [0, 0.1) is 0 Å². The summed E-state index contributed by atoms with van der Waals surface area (Å²) in [7, 11) is 2.91. The molecule has 2 aromatic rings. The third-order valence-corrected chi connectivity index (χ3v) is 6.56. The molecule has 0 amide bonds. The van der Waals surface area contributed by atoms with Crippen LogP contribution >= 0.6 is 16.4 Å². The first kappa shape index (κ1) is 10.7. The van der Waals surface area contributed by atoms with Gasteiger partial charge in [0.1, 0.15) is 0 Å². The van der Waals surface area contributed by atoms with E-state index < -0.39 is 0 Å². The van der Waals surface area contributed by atoms with Crippen LogP contribution in [-0.2, 0) is 0 Å². The molecule has 0 saturated carbocycles. The van der Waals surface area contributed by atoms with E-state index in [-0.39, 0.29) is 0 Å². The van der Waals surface area contributed by atoms with Crippen LogP contribution in [0.3, 0.4) is 0 Å². The Morgan fingerprint density at radius 3 is 1.56 bits per heavy atom. The van der Waals surface area contributed by atoms with Crippen LogP contribution in [0.15, 0.2) is 48.5 Å². The zero-order valence-electron chi connectivity index (χ0n) is 9.82. The molecule has 2 aromatic carbocycles.